The van der Waals surface area contributed by atoms with Crippen LogP contribution in [0.3, 0.4) is 0 Å². The van der Waals surface area contributed by atoms with Crippen molar-refractivity contribution in [3.63, 3.8) is 0 Å². The maximum atomic E-state index is 12.4. The molecular weight excluding hydrogens is 320 g/mol. The van der Waals surface area contributed by atoms with E-state index in [9.17, 15) is 19.5 Å². The molecule has 5 nitrogen and oxygen atoms in total. The highest BCUT2D eigenvalue weighted by Gasteiger charge is 2.33. The number of benzene rings is 1. The molecule has 0 saturated heterocycles. The third kappa shape index (κ3) is 3.65. The number of carbonyl (C=O) groups is 3. The molecule has 1 aliphatic carbocycles. The van der Waals surface area contributed by atoms with Gasteiger partial charge < -0.3 is 10.2 Å². The first-order valence-corrected chi connectivity index (χ1v) is 8.47. The maximum absolute atomic E-state index is 12.4. The van der Waals surface area contributed by atoms with E-state index in [1.807, 2.05) is 26.8 Å². The number of ketones is 2. The van der Waals surface area contributed by atoms with E-state index in [-0.39, 0.29) is 54.5 Å². The van der Waals surface area contributed by atoms with Crippen molar-refractivity contribution in [3.8, 4) is 0 Å². The second kappa shape index (κ2) is 7.21. The first-order chi connectivity index (χ1) is 11.7. The van der Waals surface area contributed by atoms with Gasteiger partial charge in [-0.1, -0.05) is 13.0 Å². The molecule has 0 saturated carbocycles. The molecule has 0 amide bonds. The second-order valence-electron chi connectivity index (χ2n) is 6.72. The number of hydrogen-bond acceptors (Lipinski definition) is 4. The van der Waals surface area contributed by atoms with E-state index in [2.05, 4.69) is 0 Å². The number of allylic oxidation sites excluding steroid dienone is 2. The summed E-state index contributed by atoms with van der Waals surface area (Å²) >= 11 is 0. The Bertz CT molecular complexity index is 786. The van der Waals surface area contributed by atoms with Gasteiger partial charge in [0.1, 0.15) is 5.76 Å². The highest BCUT2D eigenvalue weighted by Crippen LogP contribution is 2.39. The fraction of sp³-hybridized carbons (Fsp3) is 0.450. The normalized spacial score (nSPS) is 17.8. The zero-order valence-electron chi connectivity index (χ0n) is 15.1. The van der Waals surface area contributed by atoms with E-state index in [1.54, 1.807) is 6.92 Å². The monoisotopic (exact) mass is 344 g/mol. The fourth-order valence-corrected chi connectivity index (χ4v) is 3.89. The van der Waals surface area contributed by atoms with E-state index < -0.39 is 5.97 Å². The number of aliphatic carboxylic acids is 1. The minimum Gasteiger partial charge on any atom is -0.511 e. The van der Waals surface area contributed by atoms with Crippen LogP contribution >= 0.6 is 0 Å². The zero-order valence-corrected chi connectivity index (χ0v) is 15.1. The van der Waals surface area contributed by atoms with Crippen molar-refractivity contribution in [2.75, 3.05) is 0 Å². The number of aliphatic hydroxyl groups is 1. The molecule has 0 fully saturated rings. The third-order valence-electron chi connectivity index (χ3n) is 4.97. The Kier molecular flexibility index (Phi) is 5.45. The van der Waals surface area contributed by atoms with Gasteiger partial charge in [0.25, 0.3) is 0 Å². The Morgan fingerprint density at radius 2 is 1.80 bits per heavy atom. The lowest BCUT2D eigenvalue weighted by atomic mass is 9.76. The number of rotatable bonds is 5. The highest BCUT2D eigenvalue weighted by molar-refractivity contribution is 6.21. The Morgan fingerprint density at radius 3 is 2.32 bits per heavy atom. The van der Waals surface area contributed by atoms with Crippen molar-refractivity contribution in [2.24, 2.45) is 0 Å². The lowest BCUT2D eigenvalue weighted by Gasteiger charge is -2.27. The standard InChI is InChI=1S/C20H24O5/c1-5-15(21)20-16(22)7-13(8-17(20)23)19-11(3)6-10(2)14(12(19)4)9-18(24)25/h6,13,22H,5,7-9H2,1-4H3,(H,24,25). The summed E-state index contributed by atoms with van der Waals surface area (Å²) in [5, 5.41) is 19.4. The van der Waals surface area contributed by atoms with Crippen molar-refractivity contribution in [1.29, 1.82) is 0 Å². The predicted octanol–water partition coefficient (Wildman–Crippen LogP) is 3.48. The minimum absolute atomic E-state index is 0.0630. The SMILES string of the molecule is CCC(=O)C1=C(O)CC(c2c(C)cc(C)c(CC(=O)O)c2C)CC1=O. The number of carbonyl (C=O) groups excluding carboxylic acids is 2. The topological polar surface area (TPSA) is 91.7 Å². The van der Waals surface area contributed by atoms with E-state index in [4.69, 9.17) is 5.11 Å². The van der Waals surface area contributed by atoms with Crippen molar-refractivity contribution in [1.82, 2.24) is 0 Å². The molecule has 134 valence electrons. The summed E-state index contributed by atoms with van der Waals surface area (Å²) in [5.74, 6) is -1.95. The summed E-state index contributed by atoms with van der Waals surface area (Å²) < 4.78 is 0. The first-order valence-electron chi connectivity index (χ1n) is 8.47. The van der Waals surface area contributed by atoms with Gasteiger partial charge in [-0.3, -0.25) is 14.4 Å². The van der Waals surface area contributed by atoms with Crippen LogP contribution in [0.25, 0.3) is 0 Å². The first kappa shape index (κ1) is 18.9. The van der Waals surface area contributed by atoms with Gasteiger partial charge >= 0.3 is 5.97 Å². The summed E-state index contributed by atoms with van der Waals surface area (Å²) in [6, 6.07) is 1.93. The van der Waals surface area contributed by atoms with Crippen LogP contribution in [-0.4, -0.2) is 27.7 Å². The van der Waals surface area contributed by atoms with Crippen LogP contribution < -0.4 is 0 Å². The smallest absolute Gasteiger partial charge is 0.307 e. The Morgan fingerprint density at radius 1 is 1.16 bits per heavy atom. The lowest BCUT2D eigenvalue weighted by Crippen LogP contribution is -2.24. The van der Waals surface area contributed by atoms with Crippen LogP contribution in [0.4, 0.5) is 0 Å². The van der Waals surface area contributed by atoms with Crippen LogP contribution in [0, 0.1) is 20.8 Å². The number of aliphatic hydroxyl groups excluding tert-OH is 1. The summed E-state index contributed by atoms with van der Waals surface area (Å²) in [6.45, 7) is 7.33. The summed E-state index contributed by atoms with van der Waals surface area (Å²) in [7, 11) is 0. The number of hydrogen-bond donors (Lipinski definition) is 2. The number of carboxylic acid groups (broad SMARTS) is 1. The van der Waals surface area contributed by atoms with Gasteiger partial charge in [-0.15, -0.1) is 0 Å². The molecule has 0 spiro atoms. The molecule has 1 aromatic rings. The Hall–Kier alpha value is -2.43. The Balaban J connectivity index is 2.50. The zero-order chi connectivity index (χ0) is 18.9. The summed E-state index contributed by atoms with van der Waals surface area (Å²) in [6.07, 6.45) is 0.487. The molecule has 2 rings (SSSR count). The summed E-state index contributed by atoms with van der Waals surface area (Å²) in [5.41, 5.74) is 4.33. The minimum atomic E-state index is -0.903. The quantitative estimate of drug-likeness (QED) is 0.798. The molecule has 1 aromatic carbocycles. The molecular formula is C20H24O5. The van der Waals surface area contributed by atoms with Crippen LogP contribution in [0.5, 0.6) is 0 Å². The molecule has 0 aromatic heterocycles. The Labute approximate surface area is 147 Å². The molecule has 0 bridgehead atoms. The average Bonchev–Trinajstić information content (AvgIpc) is 2.50. The maximum Gasteiger partial charge on any atom is 0.307 e. The van der Waals surface area contributed by atoms with Crippen molar-refractivity contribution >= 4 is 17.5 Å². The lowest BCUT2D eigenvalue weighted by molar-refractivity contribution is -0.136. The number of carboxylic acids is 1. The molecule has 0 radical (unpaired) electrons. The average molecular weight is 344 g/mol. The van der Waals surface area contributed by atoms with Crippen LogP contribution in [0.2, 0.25) is 0 Å². The molecule has 1 aliphatic rings. The summed E-state index contributed by atoms with van der Waals surface area (Å²) in [4.78, 5) is 35.5. The van der Waals surface area contributed by atoms with Crippen LogP contribution in [-0.2, 0) is 20.8 Å². The second-order valence-corrected chi connectivity index (χ2v) is 6.72. The molecule has 1 atom stereocenters. The van der Waals surface area contributed by atoms with Crippen LogP contribution in [0.1, 0.15) is 59.9 Å². The molecule has 25 heavy (non-hydrogen) atoms. The fourth-order valence-electron chi connectivity index (χ4n) is 3.89. The van der Waals surface area contributed by atoms with Crippen molar-refractivity contribution in [2.45, 2.75) is 59.3 Å². The highest BCUT2D eigenvalue weighted by atomic mass is 16.4. The molecule has 0 heterocycles. The molecule has 0 aliphatic heterocycles. The van der Waals surface area contributed by atoms with E-state index in [1.165, 1.54) is 0 Å². The van der Waals surface area contributed by atoms with Crippen molar-refractivity contribution < 1.29 is 24.6 Å². The van der Waals surface area contributed by atoms with Gasteiger partial charge in [0.05, 0.1) is 12.0 Å². The largest absolute Gasteiger partial charge is 0.511 e. The van der Waals surface area contributed by atoms with E-state index in [0.717, 1.165) is 27.8 Å². The van der Waals surface area contributed by atoms with Gasteiger partial charge in [0.15, 0.2) is 11.6 Å². The third-order valence-corrected chi connectivity index (χ3v) is 4.97. The molecule has 1 unspecified atom stereocenters. The van der Waals surface area contributed by atoms with Gasteiger partial charge in [0.2, 0.25) is 0 Å². The molecule has 2 N–H and O–H groups in total. The number of aryl methyl sites for hydroxylation is 2. The van der Waals surface area contributed by atoms with Crippen LogP contribution in [0.15, 0.2) is 17.4 Å². The van der Waals surface area contributed by atoms with Gasteiger partial charge in [-0.05, 0) is 54.5 Å². The van der Waals surface area contributed by atoms with E-state index >= 15 is 0 Å². The molecule has 5 heteroatoms. The predicted molar refractivity (Wildman–Crippen MR) is 93.9 cm³/mol. The van der Waals surface area contributed by atoms with Gasteiger partial charge in [-0.25, -0.2) is 0 Å². The van der Waals surface area contributed by atoms with Crippen molar-refractivity contribution in [3.05, 3.63) is 45.2 Å². The van der Waals surface area contributed by atoms with E-state index in [0.29, 0.717) is 0 Å². The number of Topliss-reactive ketones (excluding diaryl/α,β-unsaturated/α-hetero) is 2. The van der Waals surface area contributed by atoms with Gasteiger partial charge in [0, 0.05) is 19.3 Å². The van der Waals surface area contributed by atoms with Gasteiger partial charge in [-0.2, -0.15) is 0 Å².